The number of halogens is 1. The highest BCUT2D eigenvalue weighted by Crippen LogP contribution is 2.17. The zero-order chi connectivity index (χ0) is 19.2. The van der Waals surface area contributed by atoms with Crippen LogP contribution in [0.2, 0.25) is 0 Å². The lowest BCUT2D eigenvalue weighted by molar-refractivity contribution is 0.409. The van der Waals surface area contributed by atoms with Crippen LogP contribution in [0, 0.1) is 19.7 Å². The molecule has 1 heterocycles. The minimum absolute atomic E-state index is 0.181. The average Bonchev–Trinajstić information content (AvgIpc) is 2.99. The Hall–Kier alpha value is -2.44. The number of guanidine groups is 1. The first kappa shape index (κ1) is 19.3. The molecule has 3 rings (SSSR count). The molecule has 0 unspecified atom stereocenters. The van der Waals surface area contributed by atoms with E-state index in [9.17, 15) is 4.39 Å². The molecule has 146 valence electrons. The molecule has 1 aromatic carbocycles. The summed E-state index contributed by atoms with van der Waals surface area (Å²) in [7, 11) is 1.96. The van der Waals surface area contributed by atoms with Crippen LogP contribution < -0.4 is 10.6 Å². The number of hydrogen-bond acceptors (Lipinski definition) is 3. The number of aliphatic imine (C=N–C) groups is 1. The minimum Gasteiger partial charge on any atom is -0.354 e. The predicted octanol–water partition coefficient (Wildman–Crippen LogP) is 3.14. The minimum atomic E-state index is -0.181. The Morgan fingerprint density at radius 2 is 2.00 bits per heavy atom. The first-order chi connectivity index (χ1) is 13.0. The van der Waals surface area contributed by atoms with Crippen molar-refractivity contribution in [2.45, 2.75) is 65.1 Å². The van der Waals surface area contributed by atoms with Gasteiger partial charge < -0.3 is 15.2 Å². The van der Waals surface area contributed by atoms with Crippen molar-refractivity contribution in [3.8, 4) is 0 Å². The summed E-state index contributed by atoms with van der Waals surface area (Å²) >= 11 is 0. The summed E-state index contributed by atoms with van der Waals surface area (Å²) in [5, 5.41) is 15.2. The van der Waals surface area contributed by atoms with Crippen molar-refractivity contribution in [3.05, 3.63) is 46.8 Å². The van der Waals surface area contributed by atoms with Gasteiger partial charge in [0.15, 0.2) is 11.8 Å². The number of nitrogens with zero attached hydrogens (tertiary/aromatic N) is 4. The van der Waals surface area contributed by atoms with Crippen molar-refractivity contribution >= 4 is 5.96 Å². The van der Waals surface area contributed by atoms with Gasteiger partial charge in [0.2, 0.25) is 0 Å². The van der Waals surface area contributed by atoms with E-state index in [-0.39, 0.29) is 5.82 Å². The topological polar surface area (TPSA) is 67.1 Å². The van der Waals surface area contributed by atoms with Crippen LogP contribution in [0.5, 0.6) is 0 Å². The van der Waals surface area contributed by atoms with Gasteiger partial charge in [0.25, 0.3) is 0 Å². The van der Waals surface area contributed by atoms with E-state index >= 15 is 0 Å². The van der Waals surface area contributed by atoms with E-state index in [4.69, 9.17) is 4.99 Å². The quantitative estimate of drug-likeness (QED) is 0.625. The third-order valence-corrected chi connectivity index (χ3v) is 5.18. The Labute approximate surface area is 160 Å². The molecule has 0 saturated heterocycles. The summed E-state index contributed by atoms with van der Waals surface area (Å²) in [4.78, 5) is 4.72. The maximum Gasteiger partial charge on any atom is 0.192 e. The van der Waals surface area contributed by atoms with Gasteiger partial charge in [0.05, 0.1) is 13.1 Å². The van der Waals surface area contributed by atoms with Crippen LogP contribution in [0.4, 0.5) is 4.39 Å². The van der Waals surface area contributed by atoms with Gasteiger partial charge in [-0.05, 0) is 43.9 Å². The van der Waals surface area contributed by atoms with Gasteiger partial charge in [-0.25, -0.2) is 9.38 Å². The highest BCUT2D eigenvalue weighted by Gasteiger charge is 2.15. The molecule has 0 atom stereocenters. The van der Waals surface area contributed by atoms with Crippen LogP contribution in [0.3, 0.4) is 0 Å². The van der Waals surface area contributed by atoms with E-state index in [1.807, 2.05) is 24.6 Å². The Balaban J connectivity index is 1.69. The molecule has 2 aromatic rings. The van der Waals surface area contributed by atoms with Gasteiger partial charge in [0, 0.05) is 13.1 Å². The van der Waals surface area contributed by atoms with E-state index in [1.54, 1.807) is 13.0 Å². The highest BCUT2D eigenvalue weighted by molar-refractivity contribution is 5.80. The Bertz CT molecular complexity index is 792. The zero-order valence-corrected chi connectivity index (χ0v) is 16.4. The van der Waals surface area contributed by atoms with E-state index in [2.05, 4.69) is 20.8 Å². The fourth-order valence-corrected chi connectivity index (χ4v) is 3.34. The fourth-order valence-electron chi connectivity index (χ4n) is 3.34. The normalized spacial score (nSPS) is 15.8. The number of nitrogens with one attached hydrogen (secondary N) is 2. The lowest BCUT2D eigenvalue weighted by atomic mass is 9.96. The Kier molecular flexibility index (Phi) is 6.42. The molecule has 1 aliphatic rings. The average molecular weight is 372 g/mol. The summed E-state index contributed by atoms with van der Waals surface area (Å²) in [6, 6.07) is 5.59. The molecule has 7 heteroatoms. The number of aromatic nitrogens is 3. The summed E-state index contributed by atoms with van der Waals surface area (Å²) in [5.41, 5.74) is 1.64. The second-order valence-electron chi connectivity index (χ2n) is 7.30. The summed E-state index contributed by atoms with van der Waals surface area (Å²) in [6.07, 6.45) is 6.15. The second kappa shape index (κ2) is 8.97. The zero-order valence-electron chi connectivity index (χ0n) is 16.4. The molecule has 2 N–H and O–H groups in total. The van der Waals surface area contributed by atoms with Crippen LogP contribution in [-0.2, 0) is 20.1 Å². The predicted molar refractivity (Wildman–Crippen MR) is 105 cm³/mol. The molecule has 0 radical (unpaired) electrons. The van der Waals surface area contributed by atoms with E-state index in [0.717, 1.165) is 23.2 Å². The third-order valence-electron chi connectivity index (χ3n) is 5.18. The number of aryl methyl sites for hydroxylation is 2. The lowest BCUT2D eigenvalue weighted by Crippen LogP contribution is -2.44. The first-order valence-corrected chi connectivity index (χ1v) is 9.67. The molecule has 1 saturated carbocycles. The van der Waals surface area contributed by atoms with Crippen molar-refractivity contribution < 1.29 is 4.39 Å². The van der Waals surface area contributed by atoms with Crippen LogP contribution in [0.25, 0.3) is 0 Å². The maximum atomic E-state index is 13.5. The van der Waals surface area contributed by atoms with Crippen molar-refractivity contribution in [1.82, 2.24) is 25.4 Å². The van der Waals surface area contributed by atoms with Gasteiger partial charge in [-0.3, -0.25) is 0 Å². The highest BCUT2D eigenvalue weighted by atomic mass is 19.1. The molecule has 0 aliphatic heterocycles. The first-order valence-electron chi connectivity index (χ1n) is 9.67. The lowest BCUT2D eigenvalue weighted by Gasteiger charge is -2.25. The Morgan fingerprint density at radius 3 is 2.67 bits per heavy atom. The van der Waals surface area contributed by atoms with Gasteiger partial charge in [-0.15, -0.1) is 10.2 Å². The molecule has 1 aliphatic carbocycles. The van der Waals surface area contributed by atoms with Crippen LogP contribution >= 0.6 is 0 Å². The number of rotatable bonds is 5. The third kappa shape index (κ3) is 5.28. The molecule has 27 heavy (non-hydrogen) atoms. The van der Waals surface area contributed by atoms with Crippen LogP contribution in [0.1, 0.15) is 54.9 Å². The van der Waals surface area contributed by atoms with Gasteiger partial charge in [0.1, 0.15) is 11.6 Å². The smallest absolute Gasteiger partial charge is 0.192 e. The molecule has 1 fully saturated rings. The Morgan fingerprint density at radius 1 is 1.22 bits per heavy atom. The van der Waals surface area contributed by atoms with Crippen molar-refractivity contribution in [2.24, 2.45) is 12.0 Å². The molecule has 0 bridgehead atoms. The molecule has 0 amide bonds. The molecule has 0 spiro atoms. The van der Waals surface area contributed by atoms with Crippen LogP contribution in [-0.4, -0.2) is 26.8 Å². The van der Waals surface area contributed by atoms with Crippen molar-refractivity contribution in [2.75, 3.05) is 0 Å². The monoisotopic (exact) mass is 372 g/mol. The van der Waals surface area contributed by atoms with Crippen LogP contribution in [0.15, 0.2) is 23.2 Å². The molecule has 6 nitrogen and oxygen atoms in total. The van der Waals surface area contributed by atoms with Gasteiger partial charge in [-0.2, -0.15) is 0 Å². The summed E-state index contributed by atoms with van der Waals surface area (Å²) in [6.45, 7) is 4.76. The van der Waals surface area contributed by atoms with Gasteiger partial charge in [-0.1, -0.05) is 31.4 Å². The van der Waals surface area contributed by atoms with E-state index in [0.29, 0.717) is 24.7 Å². The second-order valence-corrected chi connectivity index (χ2v) is 7.30. The maximum absolute atomic E-state index is 13.5. The molecular formula is C20H29FN6. The van der Waals surface area contributed by atoms with Crippen molar-refractivity contribution in [3.63, 3.8) is 0 Å². The van der Waals surface area contributed by atoms with E-state index in [1.165, 1.54) is 38.2 Å². The van der Waals surface area contributed by atoms with Gasteiger partial charge >= 0.3 is 0 Å². The summed E-state index contributed by atoms with van der Waals surface area (Å²) < 4.78 is 15.4. The number of benzene rings is 1. The van der Waals surface area contributed by atoms with Crippen molar-refractivity contribution in [1.29, 1.82) is 0 Å². The SMILES string of the molecule is Cc1cc(CN=C(NCc2nnc(C)n2C)NC2CCCCC2)ccc1F. The number of hydrogen-bond donors (Lipinski definition) is 2. The largest absolute Gasteiger partial charge is 0.354 e. The summed E-state index contributed by atoms with van der Waals surface area (Å²) in [5.74, 6) is 2.33. The molecule has 1 aromatic heterocycles. The standard InChI is InChI=1S/C20H29FN6/c1-14-11-16(9-10-18(14)21)12-22-20(24-17-7-5-4-6-8-17)23-13-19-26-25-15(2)27(19)3/h9-11,17H,4-8,12-13H2,1-3H3,(H2,22,23,24). The fraction of sp³-hybridized carbons (Fsp3) is 0.550. The molecular weight excluding hydrogens is 343 g/mol. The van der Waals surface area contributed by atoms with E-state index < -0.39 is 0 Å².